The molecule has 124 valence electrons. The van der Waals surface area contributed by atoms with Gasteiger partial charge in [0.1, 0.15) is 11.3 Å². The number of hydrogen-bond acceptors (Lipinski definition) is 4. The van der Waals surface area contributed by atoms with Crippen molar-refractivity contribution in [3.8, 4) is 5.75 Å². The Morgan fingerprint density at radius 3 is 2.54 bits per heavy atom. The van der Waals surface area contributed by atoms with Gasteiger partial charge in [0, 0.05) is 35.6 Å². The highest BCUT2D eigenvalue weighted by Crippen LogP contribution is 2.23. The molecule has 24 heavy (non-hydrogen) atoms. The van der Waals surface area contributed by atoms with E-state index >= 15 is 0 Å². The van der Waals surface area contributed by atoms with Crippen LogP contribution >= 0.6 is 11.6 Å². The normalized spacial score (nSPS) is 11.2. The molecule has 0 saturated carbocycles. The molecule has 0 aliphatic carbocycles. The summed E-state index contributed by atoms with van der Waals surface area (Å²) in [5.74, 6) is 0.664. The monoisotopic (exact) mass is 343 g/mol. The van der Waals surface area contributed by atoms with Crippen LogP contribution in [0.3, 0.4) is 0 Å². The summed E-state index contributed by atoms with van der Waals surface area (Å²) in [6.45, 7) is 1.39. The number of halogens is 1. The predicted molar refractivity (Wildman–Crippen MR) is 95.7 cm³/mol. The van der Waals surface area contributed by atoms with Crippen molar-refractivity contribution >= 4 is 22.6 Å². The highest BCUT2D eigenvalue weighted by Gasteiger charge is 2.10. The lowest BCUT2D eigenvalue weighted by molar-refractivity contribution is 0.319. The number of ether oxygens (including phenoxy) is 1. The molecule has 0 N–H and O–H groups in total. The zero-order valence-corrected chi connectivity index (χ0v) is 14.3. The van der Waals surface area contributed by atoms with Crippen molar-refractivity contribution in [1.29, 1.82) is 0 Å². The Morgan fingerprint density at radius 2 is 1.83 bits per heavy atom. The summed E-state index contributed by atoms with van der Waals surface area (Å²) in [6, 6.07) is 14.8. The van der Waals surface area contributed by atoms with Gasteiger partial charge in [-0.25, -0.2) is 4.79 Å². The molecular formula is C19H18ClNO3. The summed E-state index contributed by atoms with van der Waals surface area (Å²) >= 11 is 5.92. The number of methoxy groups -OCH3 is 1. The molecule has 0 radical (unpaired) electrons. The van der Waals surface area contributed by atoms with Gasteiger partial charge in [0.2, 0.25) is 0 Å². The first kappa shape index (κ1) is 16.6. The van der Waals surface area contributed by atoms with E-state index in [4.69, 9.17) is 20.8 Å². The van der Waals surface area contributed by atoms with Crippen molar-refractivity contribution in [1.82, 2.24) is 4.90 Å². The molecule has 2 aromatic carbocycles. The van der Waals surface area contributed by atoms with Crippen LogP contribution in [0.4, 0.5) is 0 Å². The molecule has 1 aromatic heterocycles. The van der Waals surface area contributed by atoms with Crippen molar-refractivity contribution in [3.63, 3.8) is 0 Å². The second-order valence-electron chi connectivity index (χ2n) is 5.75. The zero-order chi connectivity index (χ0) is 17.1. The van der Waals surface area contributed by atoms with Gasteiger partial charge < -0.3 is 9.15 Å². The average molecular weight is 344 g/mol. The Bertz CT molecular complexity index is 903. The first-order valence-corrected chi connectivity index (χ1v) is 7.97. The smallest absolute Gasteiger partial charge is 0.336 e. The fourth-order valence-electron chi connectivity index (χ4n) is 2.72. The maximum absolute atomic E-state index is 11.8. The predicted octanol–water partition coefficient (Wildman–Crippen LogP) is 4.09. The van der Waals surface area contributed by atoms with Gasteiger partial charge >= 0.3 is 5.63 Å². The molecule has 0 saturated heterocycles. The third-order valence-electron chi connectivity index (χ3n) is 3.84. The number of nitrogens with zero attached hydrogens (tertiary/aromatic N) is 1. The van der Waals surface area contributed by atoms with E-state index < -0.39 is 0 Å². The maximum atomic E-state index is 11.8. The van der Waals surface area contributed by atoms with Crippen LogP contribution in [-0.4, -0.2) is 19.1 Å². The number of hydrogen-bond donors (Lipinski definition) is 0. The molecule has 3 rings (SSSR count). The molecule has 0 unspecified atom stereocenters. The lowest BCUT2D eigenvalue weighted by Crippen LogP contribution is -2.18. The summed E-state index contributed by atoms with van der Waals surface area (Å²) in [5, 5.41) is 1.64. The maximum Gasteiger partial charge on any atom is 0.336 e. The van der Waals surface area contributed by atoms with E-state index in [9.17, 15) is 4.79 Å². The highest BCUT2D eigenvalue weighted by molar-refractivity contribution is 6.30. The van der Waals surface area contributed by atoms with E-state index in [0.717, 1.165) is 28.1 Å². The van der Waals surface area contributed by atoms with Crippen molar-refractivity contribution in [2.24, 2.45) is 0 Å². The largest absolute Gasteiger partial charge is 0.497 e. The SMILES string of the molecule is COc1ccc2c(CN(C)Cc3ccc(Cl)cc3)cc(=O)oc2c1. The van der Waals surface area contributed by atoms with Crippen LogP contribution in [-0.2, 0) is 13.1 Å². The molecule has 1 heterocycles. The second kappa shape index (κ2) is 7.07. The van der Waals surface area contributed by atoms with Crippen LogP contribution in [0.5, 0.6) is 5.75 Å². The Kier molecular flexibility index (Phi) is 4.88. The fraction of sp³-hybridized carbons (Fsp3) is 0.211. The van der Waals surface area contributed by atoms with Crippen molar-refractivity contribution in [2.75, 3.05) is 14.2 Å². The minimum Gasteiger partial charge on any atom is -0.497 e. The van der Waals surface area contributed by atoms with E-state index in [0.29, 0.717) is 17.9 Å². The summed E-state index contributed by atoms with van der Waals surface area (Å²) in [7, 11) is 3.60. The van der Waals surface area contributed by atoms with Gasteiger partial charge in [0.05, 0.1) is 7.11 Å². The molecule has 4 nitrogen and oxygen atoms in total. The number of benzene rings is 2. The van der Waals surface area contributed by atoms with Crippen LogP contribution in [0.25, 0.3) is 11.0 Å². The zero-order valence-electron chi connectivity index (χ0n) is 13.6. The highest BCUT2D eigenvalue weighted by atomic mass is 35.5. The average Bonchev–Trinajstić information content (AvgIpc) is 2.56. The Hall–Kier alpha value is -2.30. The molecule has 0 aliphatic rings. The van der Waals surface area contributed by atoms with Gasteiger partial charge in [-0.2, -0.15) is 0 Å². The standard InChI is InChI=1S/C19H18ClNO3/c1-21(11-13-3-5-15(20)6-4-13)12-14-9-19(22)24-18-10-16(23-2)7-8-17(14)18/h3-10H,11-12H2,1-2H3. The van der Waals surface area contributed by atoms with Gasteiger partial charge in [0.15, 0.2) is 0 Å². The van der Waals surface area contributed by atoms with E-state index in [1.807, 2.05) is 43.4 Å². The van der Waals surface area contributed by atoms with Crippen LogP contribution in [0.2, 0.25) is 5.02 Å². The van der Waals surface area contributed by atoms with Crippen LogP contribution in [0.15, 0.2) is 57.7 Å². The summed E-state index contributed by atoms with van der Waals surface area (Å²) < 4.78 is 10.5. The van der Waals surface area contributed by atoms with Gasteiger partial charge in [0.25, 0.3) is 0 Å². The number of fused-ring (bicyclic) bond motifs is 1. The van der Waals surface area contributed by atoms with E-state index in [1.165, 1.54) is 0 Å². The van der Waals surface area contributed by atoms with E-state index in [1.54, 1.807) is 19.2 Å². The summed E-state index contributed by atoms with van der Waals surface area (Å²) in [4.78, 5) is 14.0. The molecule has 0 fully saturated rings. The van der Waals surface area contributed by atoms with Gasteiger partial charge in [-0.1, -0.05) is 23.7 Å². The third-order valence-corrected chi connectivity index (χ3v) is 4.10. The molecule has 0 aliphatic heterocycles. The minimum atomic E-state index is -0.356. The minimum absolute atomic E-state index is 0.356. The lowest BCUT2D eigenvalue weighted by Gasteiger charge is -2.18. The Morgan fingerprint density at radius 1 is 1.08 bits per heavy atom. The lowest BCUT2D eigenvalue weighted by atomic mass is 10.1. The third kappa shape index (κ3) is 3.78. The Balaban J connectivity index is 1.86. The van der Waals surface area contributed by atoms with Crippen LogP contribution in [0, 0.1) is 0 Å². The summed E-state index contributed by atoms with van der Waals surface area (Å²) in [6.07, 6.45) is 0. The van der Waals surface area contributed by atoms with Crippen LogP contribution < -0.4 is 10.4 Å². The van der Waals surface area contributed by atoms with Crippen LogP contribution in [0.1, 0.15) is 11.1 Å². The first-order valence-electron chi connectivity index (χ1n) is 7.59. The first-order chi connectivity index (χ1) is 11.5. The molecular weight excluding hydrogens is 326 g/mol. The molecule has 0 spiro atoms. The summed E-state index contributed by atoms with van der Waals surface area (Å²) in [5.41, 5.74) is 2.28. The van der Waals surface area contributed by atoms with Gasteiger partial charge in [-0.3, -0.25) is 4.90 Å². The van der Waals surface area contributed by atoms with Gasteiger partial charge in [-0.05, 0) is 42.4 Å². The Labute approximate surface area is 145 Å². The number of rotatable bonds is 5. The fourth-order valence-corrected chi connectivity index (χ4v) is 2.84. The topological polar surface area (TPSA) is 42.7 Å². The quantitative estimate of drug-likeness (QED) is 0.654. The molecule has 3 aromatic rings. The van der Waals surface area contributed by atoms with E-state index in [-0.39, 0.29) is 5.63 Å². The molecule has 0 amide bonds. The molecule has 0 bridgehead atoms. The van der Waals surface area contributed by atoms with Crippen molar-refractivity contribution < 1.29 is 9.15 Å². The van der Waals surface area contributed by atoms with Gasteiger partial charge in [-0.15, -0.1) is 0 Å². The molecule has 0 atom stereocenters. The van der Waals surface area contributed by atoms with E-state index in [2.05, 4.69) is 4.90 Å². The van der Waals surface area contributed by atoms with Crippen molar-refractivity contribution in [2.45, 2.75) is 13.1 Å². The molecule has 5 heteroatoms. The van der Waals surface area contributed by atoms with Crippen molar-refractivity contribution in [3.05, 3.63) is 75.1 Å². The second-order valence-corrected chi connectivity index (χ2v) is 6.19.